The molecule has 27 heavy (non-hydrogen) atoms. The van der Waals surface area contributed by atoms with Gasteiger partial charge in [0.2, 0.25) is 0 Å². The van der Waals surface area contributed by atoms with Gasteiger partial charge in [0.1, 0.15) is 11.2 Å². The molecule has 2 saturated heterocycles. The average molecular weight is 388 g/mol. The van der Waals surface area contributed by atoms with Gasteiger partial charge in [-0.1, -0.05) is 12.1 Å². The summed E-state index contributed by atoms with van der Waals surface area (Å²) in [6.07, 6.45) is 3.64. The summed E-state index contributed by atoms with van der Waals surface area (Å²) in [5.74, 6) is 1.29. The molecule has 3 aromatic rings. The van der Waals surface area contributed by atoms with Crippen LogP contribution in [0.3, 0.4) is 0 Å². The van der Waals surface area contributed by atoms with Gasteiger partial charge >= 0.3 is 0 Å². The Labute approximate surface area is 162 Å². The van der Waals surface area contributed by atoms with Gasteiger partial charge in [-0.05, 0) is 49.9 Å². The largest absolute Gasteiger partial charge is 0.338 e. The first-order chi connectivity index (χ1) is 12.7. The fraction of sp³-hybridized carbons (Fsp3) is 0.421. The molecular weight excluding hydrogens is 366 g/mol. The van der Waals surface area contributed by atoms with Gasteiger partial charge in [0.05, 0.1) is 17.1 Å². The third-order valence-electron chi connectivity index (χ3n) is 5.91. The molecule has 2 aliphatic rings. The number of likely N-dealkylation sites (tertiary alicyclic amines) is 1. The number of halogens is 1. The lowest BCUT2D eigenvalue weighted by atomic mass is 9.92. The number of amides is 1. The van der Waals surface area contributed by atoms with Gasteiger partial charge in [0, 0.05) is 13.1 Å². The summed E-state index contributed by atoms with van der Waals surface area (Å²) in [5.41, 5.74) is 1.46. The van der Waals surface area contributed by atoms with Crippen LogP contribution in [0.5, 0.6) is 0 Å². The molecule has 5 rings (SSSR count). The van der Waals surface area contributed by atoms with Crippen LogP contribution in [0.4, 0.5) is 0 Å². The Morgan fingerprint density at radius 3 is 2.56 bits per heavy atom. The highest BCUT2D eigenvalue weighted by molar-refractivity contribution is 6.00. The Morgan fingerprint density at radius 2 is 1.81 bits per heavy atom. The molecule has 8 heteroatoms. The number of carbonyl (C=O) groups is 1. The minimum Gasteiger partial charge on any atom is -0.338 e. The molecule has 0 saturated carbocycles. The van der Waals surface area contributed by atoms with E-state index in [9.17, 15) is 9.59 Å². The molecule has 0 aliphatic carbocycles. The van der Waals surface area contributed by atoms with E-state index < -0.39 is 0 Å². The predicted molar refractivity (Wildman–Crippen MR) is 106 cm³/mol. The van der Waals surface area contributed by atoms with E-state index in [-0.39, 0.29) is 23.9 Å². The van der Waals surface area contributed by atoms with E-state index in [1.165, 1.54) is 0 Å². The summed E-state index contributed by atoms with van der Waals surface area (Å²) < 4.78 is 1.65. The van der Waals surface area contributed by atoms with Gasteiger partial charge in [-0.25, -0.2) is 4.52 Å². The van der Waals surface area contributed by atoms with Crippen LogP contribution < -0.4 is 10.9 Å². The van der Waals surface area contributed by atoms with Crippen molar-refractivity contribution in [3.8, 4) is 0 Å². The Morgan fingerprint density at radius 1 is 1.11 bits per heavy atom. The summed E-state index contributed by atoms with van der Waals surface area (Å²) in [6, 6.07) is 7.30. The number of aromatic amines is 1. The molecule has 4 heterocycles. The lowest BCUT2D eigenvalue weighted by Gasteiger charge is -2.20. The van der Waals surface area contributed by atoms with Crippen molar-refractivity contribution in [2.75, 3.05) is 26.2 Å². The number of hydrogen-bond acceptors (Lipinski definition) is 4. The third kappa shape index (κ3) is 2.91. The zero-order valence-electron chi connectivity index (χ0n) is 14.9. The summed E-state index contributed by atoms with van der Waals surface area (Å²) in [5, 5.41) is 8.39. The van der Waals surface area contributed by atoms with Gasteiger partial charge in [-0.2, -0.15) is 5.10 Å². The highest BCUT2D eigenvalue weighted by Crippen LogP contribution is 2.28. The number of carbonyl (C=O) groups excluding carboxylic acids is 1. The lowest BCUT2D eigenvalue weighted by molar-refractivity contribution is 0.0760. The molecule has 0 bridgehead atoms. The maximum Gasteiger partial charge on any atom is 0.259 e. The normalized spacial score (nSPS) is 22.4. The Bertz CT molecular complexity index is 1050. The van der Waals surface area contributed by atoms with Crippen LogP contribution in [0.2, 0.25) is 0 Å². The number of para-hydroxylation sites is 1. The van der Waals surface area contributed by atoms with Gasteiger partial charge in [0.25, 0.3) is 11.5 Å². The number of nitrogens with one attached hydrogen (secondary N) is 2. The first-order valence-corrected chi connectivity index (χ1v) is 9.21. The van der Waals surface area contributed by atoms with Crippen LogP contribution in [-0.4, -0.2) is 51.6 Å². The monoisotopic (exact) mass is 387 g/mol. The highest BCUT2D eigenvalue weighted by Gasteiger charge is 2.32. The van der Waals surface area contributed by atoms with E-state index in [1.54, 1.807) is 16.8 Å². The number of fused-ring (bicyclic) bond motifs is 4. The molecule has 0 unspecified atom stereocenters. The van der Waals surface area contributed by atoms with Crippen LogP contribution in [-0.2, 0) is 0 Å². The number of nitrogens with zero attached hydrogens (tertiary/aromatic N) is 3. The van der Waals surface area contributed by atoms with Crippen LogP contribution >= 0.6 is 12.4 Å². The average Bonchev–Trinajstić information content (AvgIpc) is 3.24. The standard InChI is InChI=1S/C19H21N5O2.ClH/c25-18-14-3-1-2-4-16(14)24-17(22-18)15(11-21-24)19(26)23-7-5-12-9-20-10-13(12)6-8-23;/h1-4,11-13,20H,5-10H2,(H,22,25);1H/t12-,13+;. The second-order valence-electron chi connectivity index (χ2n) is 7.34. The summed E-state index contributed by atoms with van der Waals surface area (Å²) in [6.45, 7) is 3.64. The molecule has 0 radical (unpaired) electrons. The van der Waals surface area contributed by atoms with E-state index >= 15 is 0 Å². The molecule has 2 atom stereocenters. The van der Waals surface area contributed by atoms with Gasteiger partial charge < -0.3 is 15.2 Å². The van der Waals surface area contributed by atoms with Crippen molar-refractivity contribution in [1.82, 2.24) is 24.8 Å². The van der Waals surface area contributed by atoms with Crippen molar-refractivity contribution >= 4 is 34.9 Å². The zero-order valence-corrected chi connectivity index (χ0v) is 15.7. The molecule has 142 valence electrons. The Balaban J connectivity index is 0.00000180. The Hall–Kier alpha value is -2.38. The molecule has 0 spiro atoms. The van der Waals surface area contributed by atoms with Crippen LogP contribution in [0.15, 0.2) is 35.3 Å². The van der Waals surface area contributed by atoms with Crippen molar-refractivity contribution < 1.29 is 4.79 Å². The molecular formula is C19H22ClN5O2. The minimum atomic E-state index is -0.195. The fourth-order valence-corrected chi connectivity index (χ4v) is 4.42. The maximum absolute atomic E-state index is 13.1. The van der Waals surface area contributed by atoms with Crippen LogP contribution in [0.25, 0.3) is 16.6 Å². The SMILES string of the molecule is Cl.O=C(c1cnn2c1[nH]c(=O)c1ccccc12)N1CC[C@@H]2CNC[C@@H]2CC1. The molecule has 1 aromatic carbocycles. The molecule has 2 fully saturated rings. The van der Waals surface area contributed by atoms with Crippen LogP contribution in [0.1, 0.15) is 23.2 Å². The quantitative estimate of drug-likeness (QED) is 0.665. The number of hydrogen-bond donors (Lipinski definition) is 2. The molecule has 7 nitrogen and oxygen atoms in total. The Kier molecular flexibility index (Phi) is 4.65. The smallest absolute Gasteiger partial charge is 0.259 e. The topological polar surface area (TPSA) is 82.5 Å². The van der Waals surface area contributed by atoms with Crippen molar-refractivity contribution in [2.45, 2.75) is 12.8 Å². The number of aromatic nitrogens is 3. The highest BCUT2D eigenvalue weighted by atomic mass is 35.5. The zero-order chi connectivity index (χ0) is 17.7. The summed E-state index contributed by atoms with van der Waals surface area (Å²) in [7, 11) is 0. The third-order valence-corrected chi connectivity index (χ3v) is 5.91. The molecule has 2 N–H and O–H groups in total. The fourth-order valence-electron chi connectivity index (χ4n) is 4.42. The van der Waals surface area contributed by atoms with E-state index in [2.05, 4.69) is 15.4 Å². The number of H-pyrrole nitrogens is 1. The molecule has 2 aromatic heterocycles. The summed E-state index contributed by atoms with van der Waals surface area (Å²) in [4.78, 5) is 30.3. The van der Waals surface area contributed by atoms with Crippen molar-refractivity contribution in [2.24, 2.45) is 11.8 Å². The van der Waals surface area contributed by atoms with E-state index in [4.69, 9.17) is 0 Å². The predicted octanol–water partition coefficient (Wildman–Crippen LogP) is 1.67. The van der Waals surface area contributed by atoms with Crippen molar-refractivity contribution in [1.29, 1.82) is 0 Å². The first kappa shape index (κ1) is 18.0. The van der Waals surface area contributed by atoms with Crippen LogP contribution in [0, 0.1) is 11.8 Å². The second kappa shape index (κ2) is 6.98. The second-order valence-corrected chi connectivity index (χ2v) is 7.34. The number of rotatable bonds is 1. The number of benzene rings is 1. The van der Waals surface area contributed by atoms with E-state index in [0.717, 1.165) is 39.0 Å². The van der Waals surface area contributed by atoms with Gasteiger partial charge in [-0.3, -0.25) is 9.59 Å². The lowest BCUT2D eigenvalue weighted by Crippen LogP contribution is -2.33. The van der Waals surface area contributed by atoms with Crippen molar-refractivity contribution in [3.63, 3.8) is 0 Å². The minimum absolute atomic E-state index is 0. The van der Waals surface area contributed by atoms with Gasteiger partial charge in [-0.15, -0.1) is 12.4 Å². The van der Waals surface area contributed by atoms with Gasteiger partial charge in [0.15, 0.2) is 0 Å². The summed E-state index contributed by atoms with van der Waals surface area (Å²) >= 11 is 0. The van der Waals surface area contributed by atoms with E-state index in [1.807, 2.05) is 23.1 Å². The first-order valence-electron chi connectivity index (χ1n) is 9.21. The molecule has 2 aliphatic heterocycles. The maximum atomic E-state index is 13.1. The van der Waals surface area contributed by atoms with Crippen molar-refractivity contribution in [3.05, 3.63) is 46.4 Å². The molecule has 1 amide bonds. The van der Waals surface area contributed by atoms with E-state index in [0.29, 0.717) is 33.9 Å².